The van der Waals surface area contributed by atoms with Crippen LogP contribution in [0, 0.1) is 0 Å². The van der Waals surface area contributed by atoms with Crippen molar-refractivity contribution in [2.45, 2.75) is 32.4 Å². The fourth-order valence-corrected chi connectivity index (χ4v) is 3.36. The van der Waals surface area contributed by atoms with Crippen LogP contribution in [0.5, 0.6) is 0 Å². The van der Waals surface area contributed by atoms with E-state index in [9.17, 15) is 0 Å². The summed E-state index contributed by atoms with van der Waals surface area (Å²) in [5.74, 6) is 0. The highest BCUT2D eigenvalue weighted by molar-refractivity contribution is 7.10. The van der Waals surface area contributed by atoms with Crippen LogP contribution in [-0.4, -0.2) is 30.6 Å². The van der Waals surface area contributed by atoms with Gasteiger partial charge in [0.05, 0.1) is 5.02 Å². The summed E-state index contributed by atoms with van der Waals surface area (Å²) in [6.45, 7) is 6.71. The second-order valence-electron chi connectivity index (χ2n) is 4.35. The van der Waals surface area contributed by atoms with E-state index in [1.54, 1.807) is 11.3 Å². The average Bonchev–Trinajstić information content (AvgIpc) is 2.67. The summed E-state index contributed by atoms with van der Waals surface area (Å²) >= 11 is 7.72. The number of rotatable bonds is 4. The molecule has 16 heavy (non-hydrogen) atoms. The summed E-state index contributed by atoms with van der Waals surface area (Å²) in [7, 11) is 0. The first kappa shape index (κ1) is 12.4. The van der Waals surface area contributed by atoms with Crippen LogP contribution in [0.25, 0.3) is 0 Å². The van der Waals surface area contributed by atoms with Gasteiger partial charge in [0.15, 0.2) is 0 Å². The van der Waals surface area contributed by atoms with E-state index in [4.69, 9.17) is 11.6 Å². The zero-order valence-corrected chi connectivity index (χ0v) is 11.3. The van der Waals surface area contributed by atoms with Crippen molar-refractivity contribution in [2.75, 3.05) is 19.6 Å². The molecule has 1 fully saturated rings. The summed E-state index contributed by atoms with van der Waals surface area (Å²) in [5.41, 5.74) is 0. The molecular weight excluding hydrogens is 240 g/mol. The number of hydrogen-bond donors (Lipinski definition) is 1. The van der Waals surface area contributed by atoms with Crippen LogP contribution in [0.1, 0.15) is 24.6 Å². The maximum absolute atomic E-state index is 5.96. The number of thiophene rings is 1. The minimum Gasteiger partial charge on any atom is -0.314 e. The number of hydrogen-bond acceptors (Lipinski definition) is 3. The van der Waals surface area contributed by atoms with Crippen LogP contribution in [0.4, 0.5) is 0 Å². The molecule has 0 spiro atoms. The number of piperazine rings is 1. The van der Waals surface area contributed by atoms with Gasteiger partial charge < -0.3 is 5.32 Å². The minimum absolute atomic E-state index is 0.694. The predicted molar refractivity (Wildman–Crippen MR) is 71.3 cm³/mol. The van der Waals surface area contributed by atoms with Crippen LogP contribution < -0.4 is 5.32 Å². The van der Waals surface area contributed by atoms with Crippen molar-refractivity contribution in [3.05, 3.63) is 21.3 Å². The highest BCUT2D eigenvalue weighted by Crippen LogP contribution is 2.22. The molecule has 1 unspecified atom stereocenters. The topological polar surface area (TPSA) is 15.3 Å². The molecule has 0 amide bonds. The van der Waals surface area contributed by atoms with Gasteiger partial charge in [-0.25, -0.2) is 0 Å². The van der Waals surface area contributed by atoms with E-state index in [1.807, 2.05) is 5.38 Å². The second kappa shape index (κ2) is 6.01. The van der Waals surface area contributed by atoms with Crippen molar-refractivity contribution in [3.63, 3.8) is 0 Å². The lowest BCUT2D eigenvalue weighted by molar-refractivity contribution is 0.145. The molecule has 1 aromatic heterocycles. The molecular formula is C12H19ClN2S. The zero-order chi connectivity index (χ0) is 11.4. The molecule has 2 nitrogen and oxygen atoms in total. The standard InChI is InChI=1S/C12H19ClN2S/c1-2-3-11-7-14-4-5-15(11)8-12-6-10(13)9-16-12/h6,9,11,14H,2-5,7-8H2,1H3. The van der Waals surface area contributed by atoms with Crippen LogP contribution in [0.3, 0.4) is 0 Å². The van der Waals surface area contributed by atoms with E-state index < -0.39 is 0 Å². The molecule has 0 bridgehead atoms. The Kier molecular flexibility index (Phi) is 4.65. The monoisotopic (exact) mass is 258 g/mol. The van der Waals surface area contributed by atoms with Crippen LogP contribution >= 0.6 is 22.9 Å². The number of halogens is 1. The summed E-state index contributed by atoms with van der Waals surface area (Å²) < 4.78 is 0. The molecule has 2 rings (SSSR count). The molecule has 0 aromatic carbocycles. The molecule has 1 atom stereocenters. The molecule has 1 N–H and O–H groups in total. The van der Waals surface area contributed by atoms with E-state index in [0.717, 1.165) is 31.2 Å². The molecule has 0 aliphatic carbocycles. The highest BCUT2D eigenvalue weighted by atomic mass is 35.5. The summed E-state index contributed by atoms with van der Waals surface area (Å²) in [6.07, 6.45) is 2.54. The van der Waals surface area contributed by atoms with Gasteiger partial charge in [-0.05, 0) is 12.5 Å². The van der Waals surface area contributed by atoms with Gasteiger partial charge in [-0.1, -0.05) is 24.9 Å². The fraction of sp³-hybridized carbons (Fsp3) is 0.667. The minimum atomic E-state index is 0.694. The maximum Gasteiger partial charge on any atom is 0.0516 e. The number of nitrogens with one attached hydrogen (secondary N) is 1. The SMILES string of the molecule is CCCC1CNCCN1Cc1cc(Cl)cs1. The molecule has 1 aliphatic heterocycles. The Balaban J connectivity index is 1.95. The Morgan fingerprint density at radius 3 is 3.19 bits per heavy atom. The Hall–Kier alpha value is -0.0900. The van der Waals surface area contributed by atoms with Gasteiger partial charge in [0.1, 0.15) is 0 Å². The third kappa shape index (κ3) is 3.20. The van der Waals surface area contributed by atoms with Gasteiger partial charge in [0.25, 0.3) is 0 Å². The third-order valence-electron chi connectivity index (χ3n) is 3.07. The van der Waals surface area contributed by atoms with Crippen molar-refractivity contribution in [1.29, 1.82) is 0 Å². The van der Waals surface area contributed by atoms with Gasteiger partial charge in [-0.2, -0.15) is 0 Å². The van der Waals surface area contributed by atoms with E-state index in [1.165, 1.54) is 17.7 Å². The highest BCUT2D eigenvalue weighted by Gasteiger charge is 2.21. The lowest BCUT2D eigenvalue weighted by atomic mass is 10.1. The summed E-state index contributed by atoms with van der Waals surface area (Å²) in [5, 5.41) is 6.38. The Labute approximate surface area is 107 Å². The first-order valence-electron chi connectivity index (χ1n) is 5.97. The molecule has 1 saturated heterocycles. The van der Waals surface area contributed by atoms with Crippen LogP contribution in [0.2, 0.25) is 5.02 Å². The Bertz CT molecular complexity index is 325. The van der Waals surface area contributed by atoms with Crippen LogP contribution in [-0.2, 0) is 6.54 Å². The Morgan fingerprint density at radius 1 is 1.62 bits per heavy atom. The molecule has 90 valence electrons. The molecule has 1 aromatic rings. The van der Waals surface area contributed by atoms with E-state index in [-0.39, 0.29) is 0 Å². The first-order valence-corrected chi connectivity index (χ1v) is 7.23. The molecule has 4 heteroatoms. The van der Waals surface area contributed by atoms with Crippen LogP contribution in [0.15, 0.2) is 11.4 Å². The molecule has 0 radical (unpaired) electrons. The first-order chi connectivity index (χ1) is 7.79. The van der Waals surface area contributed by atoms with Gasteiger partial charge in [-0.15, -0.1) is 11.3 Å². The van der Waals surface area contributed by atoms with Gasteiger partial charge in [0, 0.05) is 42.5 Å². The zero-order valence-electron chi connectivity index (χ0n) is 9.71. The van der Waals surface area contributed by atoms with Crippen molar-refractivity contribution in [2.24, 2.45) is 0 Å². The summed E-state index contributed by atoms with van der Waals surface area (Å²) in [4.78, 5) is 3.97. The quantitative estimate of drug-likeness (QED) is 0.893. The smallest absolute Gasteiger partial charge is 0.0516 e. The second-order valence-corrected chi connectivity index (χ2v) is 5.78. The summed E-state index contributed by atoms with van der Waals surface area (Å²) in [6, 6.07) is 2.79. The van der Waals surface area contributed by atoms with Gasteiger partial charge >= 0.3 is 0 Å². The predicted octanol–water partition coefficient (Wildman–Crippen LogP) is 2.98. The fourth-order valence-electron chi connectivity index (χ4n) is 2.27. The Morgan fingerprint density at radius 2 is 2.50 bits per heavy atom. The third-order valence-corrected chi connectivity index (χ3v) is 4.34. The van der Waals surface area contributed by atoms with Gasteiger partial charge in [0.2, 0.25) is 0 Å². The normalized spacial score (nSPS) is 22.5. The maximum atomic E-state index is 5.96. The van der Waals surface area contributed by atoms with Crippen molar-refractivity contribution in [1.82, 2.24) is 10.2 Å². The molecule has 0 saturated carbocycles. The molecule has 1 aliphatic rings. The average molecular weight is 259 g/mol. The lowest BCUT2D eigenvalue weighted by Crippen LogP contribution is -2.50. The lowest BCUT2D eigenvalue weighted by Gasteiger charge is -2.35. The van der Waals surface area contributed by atoms with Crippen molar-refractivity contribution >= 4 is 22.9 Å². The van der Waals surface area contributed by atoms with E-state index in [0.29, 0.717) is 6.04 Å². The van der Waals surface area contributed by atoms with Gasteiger partial charge in [-0.3, -0.25) is 4.90 Å². The number of nitrogens with zero attached hydrogens (tertiary/aromatic N) is 1. The molecule has 2 heterocycles. The van der Waals surface area contributed by atoms with E-state index >= 15 is 0 Å². The van der Waals surface area contributed by atoms with E-state index in [2.05, 4.69) is 23.2 Å². The van der Waals surface area contributed by atoms with Crippen molar-refractivity contribution in [3.8, 4) is 0 Å². The van der Waals surface area contributed by atoms with Crippen molar-refractivity contribution < 1.29 is 0 Å². The largest absolute Gasteiger partial charge is 0.314 e.